The standard InChI is InChI=1S/C12H22N2O2/c1-2-3-6-13-12(16)14-9-4-5-10(14)8-11(15)7-9/h9-11,15H,2-8H2,1H3,(H,13,16). The van der Waals surface area contributed by atoms with Gasteiger partial charge in [0.15, 0.2) is 0 Å². The molecule has 2 N–H and O–H groups in total. The molecule has 92 valence electrons. The van der Waals surface area contributed by atoms with Crippen LogP contribution in [0.4, 0.5) is 4.79 Å². The lowest BCUT2D eigenvalue weighted by Gasteiger charge is -2.37. The monoisotopic (exact) mass is 226 g/mol. The first-order valence-corrected chi connectivity index (χ1v) is 6.46. The van der Waals surface area contributed by atoms with Gasteiger partial charge in [-0.1, -0.05) is 13.3 Å². The van der Waals surface area contributed by atoms with E-state index in [0.717, 1.165) is 45.1 Å². The molecule has 2 rings (SSSR count). The summed E-state index contributed by atoms with van der Waals surface area (Å²) in [6.45, 7) is 2.89. The van der Waals surface area contributed by atoms with Crippen LogP contribution in [0.1, 0.15) is 45.4 Å². The number of carbonyl (C=O) groups is 1. The maximum absolute atomic E-state index is 12.0. The summed E-state index contributed by atoms with van der Waals surface area (Å²) in [6.07, 6.45) is 5.59. The Balaban J connectivity index is 1.87. The number of nitrogens with zero attached hydrogens (tertiary/aromatic N) is 1. The van der Waals surface area contributed by atoms with Crippen LogP contribution in [0.5, 0.6) is 0 Å². The molecular formula is C12H22N2O2. The Labute approximate surface area is 97.0 Å². The normalized spacial score (nSPS) is 32.9. The Bertz CT molecular complexity index is 243. The zero-order chi connectivity index (χ0) is 11.5. The van der Waals surface area contributed by atoms with Gasteiger partial charge in [0.1, 0.15) is 0 Å². The zero-order valence-electron chi connectivity index (χ0n) is 9.98. The number of nitrogens with one attached hydrogen (secondary N) is 1. The maximum Gasteiger partial charge on any atom is 0.317 e. The van der Waals surface area contributed by atoms with Gasteiger partial charge in [0.2, 0.25) is 0 Å². The number of aliphatic hydroxyl groups excluding tert-OH is 1. The number of hydrogen-bond acceptors (Lipinski definition) is 2. The van der Waals surface area contributed by atoms with E-state index in [0.29, 0.717) is 0 Å². The van der Waals surface area contributed by atoms with Crippen molar-refractivity contribution in [2.75, 3.05) is 6.54 Å². The van der Waals surface area contributed by atoms with Crippen molar-refractivity contribution < 1.29 is 9.90 Å². The van der Waals surface area contributed by atoms with Crippen molar-refractivity contribution in [2.45, 2.75) is 63.6 Å². The molecule has 0 aromatic rings. The molecule has 2 aliphatic rings. The van der Waals surface area contributed by atoms with E-state index in [1.54, 1.807) is 0 Å². The van der Waals surface area contributed by atoms with Crippen molar-refractivity contribution in [3.8, 4) is 0 Å². The molecule has 16 heavy (non-hydrogen) atoms. The Morgan fingerprint density at radius 2 is 2.00 bits per heavy atom. The molecule has 2 bridgehead atoms. The molecular weight excluding hydrogens is 204 g/mol. The minimum absolute atomic E-state index is 0.0767. The summed E-state index contributed by atoms with van der Waals surface area (Å²) in [5, 5.41) is 12.6. The lowest BCUT2D eigenvalue weighted by molar-refractivity contribution is 0.0543. The van der Waals surface area contributed by atoms with Gasteiger partial charge in [0.05, 0.1) is 6.10 Å². The Morgan fingerprint density at radius 3 is 2.56 bits per heavy atom. The number of aliphatic hydroxyl groups is 1. The average Bonchev–Trinajstić information content (AvgIpc) is 2.52. The van der Waals surface area contributed by atoms with Crippen LogP contribution in [-0.2, 0) is 0 Å². The zero-order valence-corrected chi connectivity index (χ0v) is 9.98. The maximum atomic E-state index is 12.0. The van der Waals surface area contributed by atoms with Crippen LogP contribution < -0.4 is 5.32 Å². The van der Waals surface area contributed by atoms with Crippen molar-refractivity contribution in [3.05, 3.63) is 0 Å². The van der Waals surface area contributed by atoms with Gasteiger partial charge in [-0.15, -0.1) is 0 Å². The van der Waals surface area contributed by atoms with E-state index in [1.807, 2.05) is 4.90 Å². The average molecular weight is 226 g/mol. The van der Waals surface area contributed by atoms with E-state index in [4.69, 9.17) is 0 Å². The SMILES string of the molecule is CCCCNC(=O)N1C2CCC1CC(O)C2. The van der Waals surface area contributed by atoms with Gasteiger partial charge in [-0.2, -0.15) is 0 Å². The molecule has 2 aliphatic heterocycles. The van der Waals surface area contributed by atoms with Gasteiger partial charge in [-0.05, 0) is 32.1 Å². The summed E-state index contributed by atoms with van der Waals surface area (Å²) in [6, 6.07) is 0.624. The first kappa shape index (κ1) is 11.7. The molecule has 0 radical (unpaired) electrons. The molecule has 2 saturated heterocycles. The van der Waals surface area contributed by atoms with E-state index in [-0.39, 0.29) is 24.2 Å². The van der Waals surface area contributed by atoms with E-state index in [2.05, 4.69) is 12.2 Å². The third-order valence-electron chi connectivity index (χ3n) is 3.75. The van der Waals surface area contributed by atoms with Crippen LogP contribution in [-0.4, -0.2) is 40.8 Å². The highest BCUT2D eigenvalue weighted by Crippen LogP contribution is 2.35. The summed E-state index contributed by atoms with van der Waals surface area (Å²) in [5.41, 5.74) is 0. The van der Waals surface area contributed by atoms with Crippen molar-refractivity contribution in [2.24, 2.45) is 0 Å². The van der Waals surface area contributed by atoms with Crippen LogP contribution in [0.15, 0.2) is 0 Å². The highest BCUT2D eigenvalue weighted by atomic mass is 16.3. The second-order valence-corrected chi connectivity index (χ2v) is 5.00. The molecule has 2 fully saturated rings. The summed E-state index contributed by atoms with van der Waals surface area (Å²) in [5.74, 6) is 0. The molecule has 0 aromatic carbocycles. The number of hydrogen-bond donors (Lipinski definition) is 2. The van der Waals surface area contributed by atoms with Crippen LogP contribution >= 0.6 is 0 Å². The predicted molar refractivity (Wildman–Crippen MR) is 62.2 cm³/mol. The van der Waals surface area contributed by atoms with E-state index in [1.165, 1.54) is 0 Å². The molecule has 4 nitrogen and oxygen atoms in total. The fourth-order valence-corrected chi connectivity index (χ4v) is 2.94. The first-order valence-electron chi connectivity index (χ1n) is 6.46. The summed E-state index contributed by atoms with van der Waals surface area (Å²) < 4.78 is 0. The number of rotatable bonds is 3. The third-order valence-corrected chi connectivity index (χ3v) is 3.75. The van der Waals surface area contributed by atoms with Gasteiger partial charge >= 0.3 is 6.03 Å². The molecule has 2 atom stereocenters. The van der Waals surface area contributed by atoms with E-state index >= 15 is 0 Å². The summed E-state index contributed by atoms with van der Waals surface area (Å²) in [4.78, 5) is 13.9. The van der Waals surface area contributed by atoms with Crippen molar-refractivity contribution in [3.63, 3.8) is 0 Å². The smallest absolute Gasteiger partial charge is 0.317 e. The lowest BCUT2D eigenvalue weighted by Crippen LogP contribution is -2.52. The van der Waals surface area contributed by atoms with Gasteiger partial charge in [-0.3, -0.25) is 0 Å². The van der Waals surface area contributed by atoms with Gasteiger partial charge in [0.25, 0.3) is 0 Å². The largest absolute Gasteiger partial charge is 0.393 e. The van der Waals surface area contributed by atoms with Crippen LogP contribution in [0.25, 0.3) is 0 Å². The van der Waals surface area contributed by atoms with Crippen molar-refractivity contribution in [1.82, 2.24) is 10.2 Å². The highest BCUT2D eigenvalue weighted by Gasteiger charge is 2.42. The molecule has 4 heteroatoms. The topological polar surface area (TPSA) is 52.6 Å². The van der Waals surface area contributed by atoms with E-state index in [9.17, 15) is 9.90 Å². The Kier molecular flexibility index (Phi) is 3.69. The van der Waals surface area contributed by atoms with Crippen molar-refractivity contribution in [1.29, 1.82) is 0 Å². The van der Waals surface area contributed by atoms with Crippen molar-refractivity contribution >= 4 is 6.03 Å². The number of urea groups is 1. The van der Waals surface area contributed by atoms with Gasteiger partial charge < -0.3 is 15.3 Å². The minimum Gasteiger partial charge on any atom is -0.393 e. The van der Waals surface area contributed by atoms with Crippen LogP contribution in [0, 0.1) is 0 Å². The third kappa shape index (κ3) is 2.32. The molecule has 0 aliphatic carbocycles. The molecule has 2 unspecified atom stereocenters. The minimum atomic E-state index is -0.197. The lowest BCUT2D eigenvalue weighted by atomic mass is 10.0. The number of fused-ring (bicyclic) bond motifs is 2. The second-order valence-electron chi connectivity index (χ2n) is 5.00. The predicted octanol–water partition coefficient (Wildman–Crippen LogP) is 1.48. The molecule has 0 saturated carbocycles. The van der Waals surface area contributed by atoms with E-state index < -0.39 is 0 Å². The van der Waals surface area contributed by atoms with Crippen LogP contribution in [0.2, 0.25) is 0 Å². The molecule has 0 spiro atoms. The number of amides is 2. The van der Waals surface area contributed by atoms with Crippen LogP contribution in [0.3, 0.4) is 0 Å². The number of piperidine rings is 1. The summed E-state index contributed by atoms with van der Waals surface area (Å²) >= 11 is 0. The van der Waals surface area contributed by atoms with Gasteiger partial charge in [0, 0.05) is 18.6 Å². The summed E-state index contributed by atoms with van der Waals surface area (Å²) in [7, 11) is 0. The first-order chi connectivity index (χ1) is 7.72. The number of unbranched alkanes of at least 4 members (excludes halogenated alkanes) is 1. The highest BCUT2D eigenvalue weighted by molar-refractivity contribution is 5.75. The fourth-order valence-electron chi connectivity index (χ4n) is 2.94. The molecule has 2 amide bonds. The fraction of sp³-hybridized carbons (Fsp3) is 0.917. The molecule has 2 heterocycles. The quantitative estimate of drug-likeness (QED) is 0.716. The van der Waals surface area contributed by atoms with Gasteiger partial charge in [-0.25, -0.2) is 4.79 Å². The number of carbonyl (C=O) groups excluding carboxylic acids is 1. The Morgan fingerprint density at radius 1 is 1.38 bits per heavy atom. The molecule has 0 aromatic heterocycles. The second kappa shape index (κ2) is 5.04. The Hall–Kier alpha value is -0.770.